The fourth-order valence-corrected chi connectivity index (χ4v) is 3.37. The predicted molar refractivity (Wildman–Crippen MR) is 123 cm³/mol. The zero-order valence-electron chi connectivity index (χ0n) is 17.5. The minimum absolute atomic E-state index is 0.115. The molecule has 0 bridgehead atoms. The molecule has 2 aromatic carbocycles. The summed E-state index contributed by atoms with van der Waals surface area (Å²) in [5, 5.41) is 0.577. The summed E-state index contributed by atoms with van der Waals surface area (Å²) in [5.74, 6) is 0. The van der Waals surface area contributed by atoms with Crippen molar-refractivity contribution >= 4 is 29.1 Å². The Hall–Kier alpha value is -3.30. The van der Waals surface area contributed by atoms with Crippen molar-refractivity contribution in [2.24, 2.45) is 0 Å². The standard InChI is InChI=1S/C24H25ClN4O2/c1-3-4-5-13-29(22-8-6-7-20(25)14-22)24(30)31-17-23-15-27-18-28(23)16-19-9-11-21(26-2)12-10-19/h6-12,14-15,18H,3-5,13,16-17H2,1H3. The first-order chi connectivity index (χ1) is 15.1. The Morgan fingerprint density at radius 2 is 2.03 bits per heavy atom. The number of hydrogen-bond donors (Lipinski definition) is 0. The maximum atomic E-state index is 12.9. The summed E-state index contributed by atoms with van der Waals surface area (Å²) in [4.78, 5) is 22.1. The van der Waals surface area contributed by atoms with Gasteiger partial charge in [0, 0.05) is 23.8 Å². The molecule has 0 aliphatic rings. The van der Waals surface area contributed by atoms with E-state index in [1.807, 2.05) is 28.8 Å². The van der Waals surface area contributed by atoms with Gasteiger partial charge >= 0.3 is 6.09 Å². The average Bonchev–Trinajstić information content (AvgIpc) is 3.22. The summed E-state index contributed by atoms with van der Waals surface area (Å²) in [6.07, 6.45) is 5.98. The van der Waals surface area contributed by atoms with Gasteiger partial charge in [-0.15, -0.1) is 0 Å². The number of ether oxygens (including phenoxy) is 1. The Morgan fingerprint density at radius 3 is 2.74 bits per heavy atom. The van der Waals surface area contributed by atoms with Crippen LogP contribution in [0.3, 0.4) is 0 Å². The van der Waals surface area contributed by atoms with Crippen LogP contribution in [0.15, 0.2) is 61.1 Å². The van der Waals surface area contributed by atoms with E-state index in [9.17, 15) is 4.79 Å². The van der Waals surface area contributed by atoms with Crippen molar-refractivity contribution in [3.05, 3.63) is 88.8 Å². The number of nitrogens with zero attached hydrogens (tertiary/aromatic N) is 4. The van der Waals surface area contributed by atoms with Crippen LogP contribution in [0.2, 0.25) is 5.02 Å². The molecule has 0 aliphatic carbocycles. The SMILES string of the molecule is [C-]#[N+]c1ccc(Cn2cncc2COC(=O)N(CCCCC)c2cccc(Cl)c2)cc1. The van der Waals surface area contributed by atoms with Gasteiger partial charge in [0.05, 0.1) is 24.8 Å². The normalized spacial score (nSPS) is 10.5. The van der Waals surface area contributed by atoms with Gasteiger partial charge in [-0.25, -0.2) is 14.6 Å². The smallest absolute Gasteiger partial charge is 0.414 e. The number of anilines is 1. The minimum atomic E-state index is -0.410. The first-order valence-corrected chi connectivity index (χ1v) is 10.6. The van der Waals surface area contributed by atoms with Crippen LogP contribution in [0.25, 0.3) is 4.85 Å². The first-order valence-electron chi connectivity index (χ1n) is 10.3. The Balaban J connectivity index is 1.66. The van der Waals surface area contributed by atoms with E-state index >= 15 is 0 Å². The van der Waals surface area contributed by atoms with Crippen LogP contribution < -0.4 is 4.90 Å². The van der Waals surface area contributed by atoms with Gasteiger partial charge in [-0.05, 0) is 30.2 Å². The molecule has 7 heteroatoms. The number of rotatable bonds is 9. The first kappa shape index (κ1) is 22.4. The molecule has 0 aliphatic heterocycles. The fourth-order valence-electron chi connectivity index (χ4n) is 3.19. The maximum Gasteiger partial charge on any atom is 0.414 e. The van der Waals surface area contributed by atoms with Crippen LogP contribution in [-0.4, -0.2) is 22.2 Å². The molecule has 3 aromatic rings. The van der Waals surface area contributed by atoms with Crippen molar-refractivity contribution in [3.63, 3.8) is 0 Å². The lowest BCUT2D eigenvalue weighted by molar-refractivity contribution is 0.144. The van der Waals surface area contributed by atoms with Crippen molar-refractivity contribution in [2.75, 3.05) is 11.4 Å². The number of carbonyl (C=O) groups is 1. The molecule has 0 atom stereocenters. The zero-order chi connectivity index (χ0) is 22.1. The zero-order valence-corrected chi connectivity index (χ0v) is 18.3. The lowest BCUT2D eigenvalue weighted by Gasteiger charge is -2.22. The summed E-state index contributed by atoms with van der Waals surface area (Å²) in [7, 11) is 0. The van der Waals surface area contributed by atoms with E-state index in [1.165, 1.54) is 0 Å². The highest BCUT2D eigenvalue weighted by atomic mass is 35.5. The number of aromatic nitrogens is 2. The van der Waals surface area contributed by atoms with E-state index < -0.39 is 6.09 Å². The van der Waals surface area contributed by atoms with Gasteiger partial charge in [-0.3, -0.25) is 4.90 Å². The van der Waals surface area contributed by atoms with Gasteiger partial charge in [-0.2, -0.15) is 0 Å². The summed E-state index contributed by atoms with van der Waals surface area (Å²) in [6, 6.07) is 14.6. The summed E-state index contributed by atoms with van der Waals surface area (Å²) >= 11 is 6.12. The highest BCUT2D eigenvalue weighted by Gasteiger charge is 2.18. The summed E-state index contributed by atoms with van der Waals surface area (Å²) in [5.41, 5.74) is 3.16. The number of imidazole rings is 1. The molecule has 160 valence electrons. The van der Waals surface area contributed by atoms with E-state index in [1.54, 1.807) is 41.7 Å². The molecule has 0 saturated carbocycles. The molecular weight excluding hydrogens is 412 g/mol. The molecule has 0 saturated heterocycles. The summed E-state index contributed by atoms with van der Waals surface area (Å²) in [6.45, 7) is 10.4. The second kappa shape index (κ2) is 11.2. The number of benzene rings is 2. The number of carbonyl (C=O) groups excluding carboxylic acids is 1. The van der Waals surface area contributed by atoms with Crippen LogP contribution in [0.5, 0.6) is 0 Å². The maximum absolute atomic E-state index is 12.9. The topological polar surface area (TPSA) is 51.7 Å². The molecule has 1 aromatic heterocycles. The highest BCUT2D eigenvalue weighted by molar-refractivity contribution is 6.30. The second-order valence-corrected chi connectivity index (χ2v) is 7.62. The van der Waals surface area contributed by atoms with Gasteiger partial charge < -0.3 is 9.30 Å². The van der Waals surface area contributed by atoms with E-state index in [4.69, 9.17) is 22.9 Å². The van der Waals surface area contributed by atoms with Crippen LogP contribution in [0.1, 0.15) is 37.4 Å². The molecule has 6 nitrogen and oxygen atoms in total. The van der Waals surface area contributed by atoms with Crippen molar-refractivity contribution in [1.29, 1.82) is 0 Å². The van der Waals surface area contributed by atoms with Gasteiger partial charge in [0.1, 0.15) is 6.61 Å². The molecule has 0 radical (unpaired) electrons. The van der Waals surface area contributed by atoms with Crippen LogP contribution in [0.4, 0.5) is 16.2 Å². The predicted octanol–water partition coefficient (Wildman–Crippen LogP) is 6.47. The van der Waals surface area contributed by atoms with E-state index in [-0.39, 0.29) is 6.61 Å². The molecule has 0 N–H and O–H groups in total. The van der Waals surface area contributed by atoms with Gasteiger partial charge in [-0.1, -0.05) is 61.7 Å². The third-order valence-electron chi connectivity index (χ3n) is 4.89. The van der Waals surface area contributed by atoms with E-state index in [0.29, 0.717) is 23.8 Å². The Kier molecular flexibility index (Phi) is 8.08. The third kappa shape index (κ3) is 6.34. The Bertz CT molecular complexity index is 1040. The molecule has 0 unspecified atom stereocenters. The average molecular weight is 437 g/mol. The number of amides is 1. The van der Waals surface area contributed by atoms with E-state index in [0.717, 1.165) is 36.2 Å². The van der Waals surface area contributed by atoms with Crippen LogP contribution in [0, 0.1) is 6.57 Å². The molecular formula is C24H25ClN4O2. The second-order valence-electron chi connectivity index (χ2n) is 7.18. The van der Waals surface area contributed by atoms with Crippen LogP contribution in [-0.2, 0) is 17.9 Å². The molecule has 1 amide bonds. The molecule has 0 fully saturated rings. The monoisotopic (exact) mass is 436 g/mol. The van der Waals surface area contributed by atoms with Crippen molar-refractivity contribution < 1.29 is 9.53 Å². The molecule has 31 heavy (non-hydrogen) atoms. The highest BCUT2D eigenvalue weighted by Crippen LogP contribution is 2.22. The number of hydrogen-bond acceptors (Lipinski definition) is 3. The van der Waals surface area contributed by atoms with Gasteiger partial charge in [0.15, 0.2) is 5.69 Å². The quantitative estimate of drug-likeness (QED) is 0.285. The fraction of sp³-hybridized carbons (Fsp3) is 0.292. The van der Waals surface area contributed by atoms with Crippen molar-refractivity contribution in [2.45, 2.75) is 39.3 Å². The molecule has 1 heterocycles. The minimum Gasteiger partial charge on any atom is -0.443 e. The summed E-state index contributed by atoms with van der Waals surface area (Å²) < 4.78 is 7.56. The lowest BCUT2D eigenvalue weighted by Crippen LogP contribution is -2.32. The van der Waals surface area contributed by atoms with Gasteiger partial charge in [0.2, 0.25) is 0 Å². The Labute approximate surface area is 187 Å². The van der Waals surface area contributed by atoms with E-state index in [2.05, 4.69) is 16.8 Å². The number of halogens is 1. The molecule has 0 spiro atoms. The largest absolute Gasteiger partial charge is 0.443 e. The van der Waals surface area contributed by atoms with Crippen molar-refractivity contribution in [3.8, 4) is 0 Å². The Morgan fingerprint density at radius 1 is 1.23 bits per heavy atom. The lowest BCUT2D eigenvalue weighted by atomic mass is 10.2. The number of unbranched alkanes of at least 4 members (excludes halogenated alkanes) is 2. The third-order valence-corrected chi connectivity index (χ3v) is 5.12. The molecule has 3 rings (SSSR count). The van der Waals surface area contributed by atoms with Gasteiger partial charge in [0.25, 0.3) is 0 Å². The van der Waals surface area contributed by atoms with Crippen molar-refractivity contribution in [1.82, 2.24) is 9.55 Å². The van der Waals surface area contributed by atoms with Crippen LogP contribution >= 0.6 is 11.6 Å².